The Labute approximate surface area is 104 Å². The van der Waals surface area contributed by atoms with Gasteiger partial charge in [0.2, 0.25) is 3.79 Å². The Kier molecular flexibility index (Phi) is 3.95. The maximum Gasteiger partial charge on any atom is 0.433 e. The van der Waals surface area contributed by atoms with Crippen LogP contribution < -0.4 is 0 Å². The van der Waals surface area contributed by atoms with Crippen molar-refractivity contribution >= 4 is 34.8 Å². The molecular weight excluding hydrogens is 289 g/mol. The molecule has 1 aromatic heterocycles. The molecular formula is C8H5Cl3F3NO. The monoisotopic (exact) mass is 293 g/mol. The van der Waals surface area contributed by atoms with Crippen LogP contribution in [0.25, 0.3) is 0 Å². The number of halogens is 6. The van der Waals surface area contributed by atoms with E-state index in [2.05, 4.69) is 4.98 Å². The predicted molar refractivity (Wildman–Crippen MR) is 54.5 cm³/mol. The van der Waals surface area contributed by atoms with Gasteiger partial charge < -0.3 is 5.11 Å². The first kappa shape index (κ1) is 13.8. The van der Waals surface area contributed by atoms with Gasteiger partial charge in [-0.15, -0.1) is 0 Å². The van der Waals surface area contributed by atoms with Crippen LogP contribution in [0.15, 0.2) is 18.3 Å². The molecule has 1 heterocycles. The summed E-state index contributed by atoms with van der Waals surface area (Å²) in [5.41, 5.74) is -1.08. The number of aromatic nitrogens is 1. The van der Waals surface area contributed by atoms with Gasteiger partial charge in [0.05, 0.1) is 0 Å². The lowest BCUT2D eigenvalue weighted by molar-refractivity contribution is -0.141. The maximum atomic E-state index is 12.2. The van der Waals surface area contributed by atoms with Crippen LogP contribution in [0, 0.1) is 0 Å². The molecule has 0 aromatic carbocycles. The minimum atomic E-state index is -4.54. The fraction of sp³-hybridized carbons (Fsp3) is 0.375. The van der Waals surface area contributed by atoms with E-state index >= 15 is 0 Å². The SMILES string of the molecule is OC(c1ccc(C(F)(F)F)nc1)C(Cl)(Cl)Cl. The quantitative estimate of drug-likeness (QED) is 0.804. The third-order valence-corrected chi connectivity index (χ3v) is 2.32. The van der Waals surface area contributed by atoms with Crippen LogP contribution in [0.4, 0.5) is 13.2 Å². The van der Waals surface area contributed by atoms with E-state index in [1.165, 1.54) is 0 Å². The van der Waals surface area contributed by atoms with E-state index in [1.54, 1.807) is 0 Å². The lowest BCUT2D eigenvalue weighted by Gasteiger charge is -2.19. The highest BCUT2D eigenvalue weighted by molar-refractivity contribution is 6.68. The molecule has 2 nitrogen and oxygen atoms in total. The lowest BCUT2D eigenvalue weighted by Crippen LogP contribution is -2.17. The highest BCUT2D eigenvalue weighted by Crippen LogP contribution is 2.39. The summed E-state index contributed by atoms with van der Waals surface area (Å²) in [6.45, 7) is 0. The Morgan fingerprint density at radius 3 is 2.06 bits per heavy atom. The van der Waals surface area contributed by atoms with Crippen LogP contribution in [0.5, 0.6) is 0 Å². The number of hydrogen-bond donors (Lipinski definition) is 1. The first-order valence-electron chi connectivity index (χ1n) is 3.90. The van der Waals surface area contributed by atoms with Crippen LogP contribution in [0.1, 0.15) is 17.4 Å². The zero-order valence-corrected chi connectivity index (χ0v) is 9.74. The molecule has 90 valence electrons. The van der Waals surface area contributed by atoms with Crippen LogP contribution >= 0.6 is 34.8 Å². The van der Waals surface area contributed by atoms with Crippen molar-refractivity contribution in [2.24, 2.45) is 0 Å². The van der Waals surface area contributed by atoms with Crippen molar-refractivity contribution in [2.75, 3.05) is 0 Å². The first-order valence-corrected chi connectivity index (χ1v) is 5.03. The summed E-state index contributed by atoms with van der Waals surface area (Å²) in [5.74, 6) is 0. The Balaban J connectivity index is 2.96. The van der Waals surface area contributed by atoms with E-state index in [4.69, 9.17) is 34.8 Å². The molecule has 1 unspecified atom stereocenters. The van der Waals surface area contributed by atoms with E-state index in [0.717, 1.165) is 12.3 Å². The first-order chi connectivity index (χ1) is 7.12. The molecule has 0 amide bonds. The molecule has 16 heavy (non-hydrogen) atoms. The number of alkyl halides is 6. The minimum Gasteiger partial charge on any atom is -0.384 e. The summed E-state index contributed by atoms with van der Waals surface area (Å²) in [5, 5.41) is 9.43. The van der Waals surface area contributed by atoms with Crippen molar-refractivity contribution in [3.8, 4) is 0 Å². The average Bonchev–Trinajstić information content (AvgIpc) is 2.14. The minimum absolute atomic E-state index is 0.00648. The number of hydrogen-bond acceptors (Lipinski definition) is 2. The van der Waals surface area contributed by atoms with Gasteiger partial charge in [0.15, 0.2) is 0 Å². The Morgan fingerprint density at radius 2 is 1.75 bits per heavy atom. The Hall–Kier alpha value is -0.230. The van der Waals surface area contributed by atoms with Gasteiger partial charge in [-0.2, -0.15) is 13.2 Å². The summed E-state index contributed by atoms with van der Waals surface area (Å²) in [6.07, 6.45) is -5.26. The van der Waals surface area contributed by atoms with Crippen molar-refractivity contribution in [1.82, 2.24) is 4.98 Å². The summed E-state index contributed by atoms with van der Waals surface area (Å²) in [6, 6.07) is 1.71. The second-order valence-electron chi connectivity index (χ2n) is 2.92. The molecule has 1 atom stereocenters. The summed E-state index contributed by atoms with van der Waals surface area (Å²) >= 11 is 16.1. The molecule has 8 heteroatoms. The summed E-state index contributed by atoms with van der Waals surface area (Å²) in [4.78, 5) is 3.12. The highest BCUT2D eigenvalue weighted by atomic mass is 35.6. The van der Waals surface area contributed by atoms with Gasteiger partial charge >= 0.3 is 6.18 Å². The molecule has 0 radical (unpaired) electrons. The third kappa shape index (κ3) is 3.38. The fourth-order valence-corrected chi connectivity index (χ4v) is 1.30. The van der Waals surface area contributed by atoms with Gasteiger partial charge in [-0.05, 0) is 6.07 Å². The van der Waals surface area contributed by atoms with Crippen molar-refractivity contribution in [3.63, 3.8) is 0 Å². The van der Waals surface area contributed by atoms with Crippen LogP contribution in [0.2, 0.25) is 0 Å². The van der Waals surface area contributed by atoms with E-state index in [0.29, 0.717) is 6.07 Å². The van der Waals surface area contributed by atoms with Gasteiger partial charge in [-0.25, -0.2) is 0 Å². The number of rotatable bonds is 1. The van der Waals surface area contributed by atoms with E-state index in [-0.39, 0.29) is 5.56 Å². The molecule has 1 N–H and O–H groups in total. The van der Waals surface area contributed by atoms with E-state index in [1.807, 2.05) is 0 Å². The van der Waals surface area contributed by atoms with Gasteiger partial charge in [-0.1, -0.05) is 40.9 Å². The van der Waals surface area contributed by atoms with Gasteiger partial charge in [0.1, 0.15) is 11.8 Å². The van der Waals surface area contributed by atoms with Crippen LogP contribution in [-0.4, -0.2) is 13.9 Å². The second kappa shape index (κ2) is 4.56. The molecule has 0 fully saturated rings. The topological polar surface area (TPSA) is 33.1 Å². The van der Waals surface area contributed by atoms with Crippen LogP contribution in [-0.2, 0) is 6.18 Å². The number of pyridine rings is 1. The summed E-state index contributed by atoms with van der Waals surface area (Å²) in [7, 11) is 0. The maximum absolute atomic E-state index is 12.2. The van der Waals surface area contributed by atoms with Crippen molar-refractivity contribution in [1.29, 1.82) is 0 Å². The fourth-order valence-electron chi connectivity index (χ4n) is 0.924. The molecule has 1 rings (SSSR count). The van der Waals surface area contributed by atoms with Gasteiger partial charge in [0, 0.05) is 11.8 Å². The smallest absolute Gasteiger partial charge is 0.384 e. The Morgan fingerprint density at radius 1 is 1.19 bits per heavy atom. The lowest BCUT2D eigenvalue weighted by atomic mass is 10.1. The standard InChI is InChI=1S/C8H5Cl3F3NO/c9-7(10,11)6(16)4-1-2-5(15-3-4)8(12,13)14/h1-3,6,16H. The predicted octanol–water partition coefficient (Wildman–Crippen LogP) is 3.50. The molecule has 0 aliphatic carbocycles. The van der Waals surface area contributed by atoms with Gasteiger partial charge in [0.25, 0.3) is 0 Å². The number of aliphatic hydroxyl groups is 1. The van der Waals surface area contributed by atoms with Crippen molar-refractivity contribution < 1.29 is 18.3 Å². The molecule has 0 aliphatic rings. The van der Waals surface area contributed by atoms with Crippen molar-refractivity contribution in [2.45, 2.75) is 16.1 Å². The highest BCUT2D eigenvalue weighted by Gasteiger charge is 2.35. The van der Waals surface area contributed by atoms with Crippen LogP contribution in [0.3, 0.4) is 0 Å². The second-order valence-corrected chi connectivity index (χ2v) is 5.29. The molecule has 0 saturated heterocycles. The van der Waals surface area contributed by atoms with Crippen molar-refractivity contribution in [3.05, 3.63) is 29.6 Å². The number of nitrogens with zero attached hydrogens (tertiary/aromatic N) is 1. The largest absolute Gasteiger partial charge is 0.433 e. The molecule has 0 aliphatic heterocycles. The van der Waals surface area contributed by atoms with Gasteiger partial charge in [-0.3, -0.25) is 4.98 Å². The van der Waals surface area contributed by atoms with E-state index < -0.39 is 21.8 Å². The zero-order chi connectivity index (χ0) is 12.6. The summed E-state index contributed by atoms with van der Waals surface area (Å²) < 4.78 is 34.4. The zero-order valence-electron chi connectivity index (χ0n) is 7.47. The normalized spacial score (nSPS) is 14.9. The number of aliphatic hydroxyl groups excluding tert-OH is 1. The molecule has 1 aromatic rings. The molecule has 0 bridgehead atoms. The van der Waals surface area contributed by atoms with E-state index in [9.17, 15) is 18.3 Å². The molecule has 0 spiro atoms. The Bertz CT molecular complexity index is 360. The average molecular weight is 294 g/mol. The molecule has 0 saturated carbocycles. The third-order valence-electron chi connectivity index (χ3n) is 1.70.